The first-order valence-corrected chi connectivity index (χ1v) is 8.76. The van der Waals surface area contributed by atoms with E-state index in [1.807, 2.05) is 0 Å². The van der Waals surface area contributed by atoms with Gasteiger partial charge in [0, 0.05) is 25.7 Å². The zero-order chi connectivity index (χ0) is 18.4. The number of hydrogen-bond donors (Lipinski definition) is 3. The molecule has 1 saturated heterocycles. The van der Waals surface area contributed by atoms with E-state index in [4.69, 9.17) is 23.2 Å². The molecular weight excluding hydrogens is 365 g/mol. The molecule has 1 aliphatic rings. The fourth-order valence-corrected chi connectivity index (χ4v) is 2.98. The summed E-state index contributed by atoms with van der Waals surface area (Å²) in [5, 5.41) is 16.0. The summed E-state index contributed by atoms with van der Waals surface area (Å²) in [5.41, 5.74) is 0.348. The summed E-state index contributed by atoms with van der Waals surface area (Å²) < 4.78 is 0. The summed E-state index contributed by atoms with van der Waals surface area (Å²) in [6.07, 6.45) is 3.02. The molecule has 0 aliphatic carbocycles. The van der Waals surface area contributed by atoms with E-state index in [1.54, 1.807) is 4.90 Å². The molecule has 1 aliphatic heterocycles. The lowest BCUT2D eigenvalue weighted by Gasteiger charge is -2.31. The van der Waals surface area contributed by atoms with Gasteiger partial charge in [0.2, 0.25) is 11.8 Å². The van der Waals surface area contributed by atoms with Crippen LogP contribution in [0.3, 0.4) is 0 Å². The quantitative estimate of drug-likeness (QED) is 0.519. The molecule has 0 spiro atoms. The summed E-state index contributed by atoms with van der Waals surface area (Å²) in [4.78, 5) is 25.2. The first kappa shape index (κ1) is 19.4. The van der Waals surface area contributed by atoms with Gasteiger partial charge in [-0.2, -0.15) is 0 Å². The van der Waals surface area contributed by atoms with Crippen LogP contribution in [0.2, 0.25) is 10.0 Å². The molecule has 6 nitrogen and oxygen atoms in total. The summed E-state index contributed by atoms with van der Waals surface area (Å²) in [6, 6.07) is 2.79. The lowest BCUT2D eigenvalue weighted by molar-refractivity contribution is -0.127. The molecule has 0 unspecified atom stereocenters. The number of phenols is 1. The Kier molecular flexibility index (Phi) is 6.96. The number of aromatic hydroxyl groups is 1. The molecule has 1 aromatic carbocycles. The van der Waals surface area contributed by atoms with Gasteiger partial charge in [0.1, 0.15) is 5.75 Å². The van der Waals surface area contributed by atoms with E-state index in [1.165, 1.54) is 18.2 Å². The Morgan fingerprint density at radius 1 is 1.28 bits per heavy atom. The molecular formula is C17H21Cl2N3O3. The Balaban J connectivity index is 1.72. The predicted octanol–water partition coefficient (Wildman–Crippen LogP) is 2.65. The van der Waals surface area contributed by atoms with Gasteiger partial charge < -0.3 is 20.6 Å². The highest BCUT2D eigenvalue weighted by Crippen LogP contribution is 2.33. The first-order chi connectivity index (χ1) is 11.9. The molecule has 0 bridgehead atoms. The van der Waals surface area contributed by atoms with Gasteiger partial charge in [0.05, 0.1) is 22.3 Å². The highest BCUT2D eigenvalue weighted by molar-refractivity contribution is 6.42. The van der Waals surface area contributed by atoms with E-state index in [0.717, 1.165) is 12.8 Å². The van der Waals surface area contributed by atoms with Crippen molar-refractivity contribution in [3.8, 4) is 5.75 Å². The number of halogens is 2. The fraction of sp³-hybridized carbons (Fsp3) is 0.412. The topological polar surface area (TPSA) is 81.7 Å². The van der Waals surface area contributed by atoms with Gasteiger partial charge in [0.25, 0.3) is 0 Å². The summed E-state index contributed by atoms with van der Waals surface area (Å²) in [6.45, 7) is 5.42. The van der Waals surface area contributed by atoms with Crippen LogP contribution in [-0.4, -0.2) is 48.0 Å². The maximum atomic E-state index is 11.9. The number of hydrogen-bond acceptors (Lipinski definition) is 4. The van der Waals surface area contributed by atoms with Crippen molar-refractivity contribution < 1.29 is 14.7 Å². The average Bonchev–Trinajstić information content (AvgIpc) is 2.61. The van der Waals surface area contributed by atoms with Crippen LogP contribution >= 0.6 is 23.2 Å². The summed E-state index contributed by atoms with van der Waals surface area (Å²) in [5.74, 6) is 0.0424. The van der Waals surface area contributed by atoms with E-state index in [9.17, 15) is 14.7 Å². The van der Waals surface area contributed by atoms with Gasteiger partial charge in [-0.3, -0.25) is 9.59 Å². The fourth-order valence-electron chi connectivity index (χ4n) is 2.66. The van der Waals surface area contributed by atoms with Crippen LogP contribution in [0.1, 0.15) is 12.8 Å². The van der Waals surface area contributed by atoms with Gasteiger partial charge in [-0.05, 0) is 30.9 Å². The minimum absolute atomic E-state index is 0.0132. The molecule has 0 atom stereocenters. The predicted molar refractivity (Wildman–Crippen MR) is 99.1 cm³/mol. The van der Waals surface area contributed by atoms with Crippen molar-refractivity contribution in [2.24, 2.45) is 5.92 Å². The molecule has 136 valence electrons. The SMILES string of the molecule is C=CC(=O)N1CCC(CNC(=O)CNc2cc(Cl)c(Cl)cc2O)CC1. The number of amides is 2. The number of nitrogens with one attached hydrogen (secondary N) is 2. The summed E-state index contributed by atoms with van der Waals surface area (Å²) in [7, 11) is 0. The number of piperidine rings is 1. The molecule has 1 aromatic rings. The Morgan fingerprint density at radius 3 is 2.56 bits per heavy atom. The monoisotopic (exact) mass is 385 g/mol. The van der Waals surface area contributed by atoms with E-state index in [2.05, 4.69) is 17.2 Å². The van der Waals surface area contributed by atoms with Crippen molar-refractivity contribution in [1.29, 1.82) is 0 Å². The average molecular weight is 386 g/mol. The number of likely N-dealkylation sites (tertiary alicyclic amines) is 1. The zero-order valence-electron chi connectivity index (χ0n) is 13.7. The number of anilines is 1. The highest BCUT2D eigenvalue weighted by atomic mass is 35.5. The molecule has 3 N–H and O–H groups in total. The second-order valence-corrected chi connectivity index (χ2v) is 6.73. The van der Waals surface area contributed by atoms with E-state index < -0.39 is 0 Å². The molecule has 2 amide bonds. The molecule has 0 radical (unpaired) electrons. The standard InChI is InChI=1S/C17H21Cl2N3O3/c1-2-17(25)22-5-3-11(4-6-22)9-21-16(24)10-20-14-7-12(18)13(19)8-15(14)23/h2,7-8,11,20,23H,1,3-6,9-10H2,(H,21,24). The van der Waals surface area contributed by atoms with Gasteiger partial charge in [-0.15, -0.1) is 0 Å². The molecule has 2 rings (SSSR count). The third-order valence-corrected chi connectivity index (χ3v) is 4.89. The van der Waals surface area contributed by atoms with Crippen molar-refractivity contribution >= 4 is 40.7 Å². The Labute approximate surface area is 156 Å². The molecule has 1 fully saturated rings. The van der Waals surface area contributed by atoms with Crippen LogP contribution in [0, 0.1) is 5.92 Å². The first-order valence-electron chi connectivity index (χ1n) is 8.00. The van der Waals surface area contributed by atoms with Crippen LogP contribution in [-0.2, 0) is 9.59 Å². The van der Waals surface area contributed by atoms with E-state index in [0.29, 0.717) is 36.3 Å². The molecule has 1 heterocycles. The van der Waals surface area contributed by atoms with Gasteiger partial charge in [0.15, 0.2) is 0 Å². The lowest BCUT2D eigenvalue weighted by atomic mass is 9.96. The number of phenolic OH excluding ortho intramolecular Hbond substituents is 1. The van der Waals surface area contributed by atoms with Crippen LogP contribution in [0.25, 0.3) is 0 Å². The van der Waals surface area contributed by atoms with Crippen molar-refractivity contribution in [3.05, 3.63) is 34.8 Å². The number of carbonyl (C=O) groups excluding carboxylic acids is 2. The number of nitrogens with zero attached hydrogens (tertiary/aromatic N) is 1. The van der Waals surface area contributed by atoms with Gasteiger partial charge >= 0.3 is 0 Å². The maximum Gasteiger partial charge on any atom is 0.245 e. The van der Waals surface area contributed by atoms with Crippen LogP contribution in [0.15, 0.2) is 24.8 Å². The molecule has 8 heteroatoms. The Bertz CT molecular complexity index is 659. The molecule has 0 saturated carbocycles. The second-order valence-electron chi connectivity index (χ2n) is 5.91. The number of carbonyl (C=O) groups is 2. The van der Waals surface area contributed by atoms with E-state index >= 15 is 0 Å². The Morgan fingerprint density at radius 2 is 1.92 bits per heavy atom. The van der Waals surface area contributed by atoms with Gasteiger partial charge in [-0.1, -0.05) is 29.8 Å². The van der Waals surface area contributed by atoms with Gasteiger partial charge in [-0.25, -0.2) is 0 Å². The zero-order valence-corrected chi connectivity index (χ0v) is 15.2. The van der Waals surface area contributed by atoms with Crippen molar-refractivity contribution in [2.75, 3.05) is 31.5 Å². The number of rotatable bonds is 6. The normalized spacial score (nSPS) is 14.9. The highest BCUT2D eigenvalue weighted by Gasteiger charge is 2.21. The third kappa shape index (κ3) is 5.54. The van der Waals surface area contributed by atoms with Crippen molar-refractivity contribution in [1.82, 2.24) is 10.2 Å². The largest absolute Gasteiger partial charge is 0.506 e. The van der Waals surface area contributed by atoms with Crippen molar-refractivity contribution in [2.45, 2.75) is 12.8 Å². The smallest absolute Gasteiger partial charge is 0.245 e. The van der Waals surface area contributed by atoms with E-state index in [-0.39, 0.29) is 29.1 Å². The van der Waals surface area contributed by atoms with Crippen LogP contribution in [0.4, 0.5) is 5.69 Å². The van der Waals surface area contributed by atoms with Crippen LogP contribution < -0.4 is 10.6 Å². The minimum atomic E-state index is -0.185. The maximum absolute atomic E-state index is 11.9. The number of benzene rings is 1. The van der Waals surface area contributed by atoms with Crippen molar-refractivity contribution in [3.63, 3.8) is 0 Å². The Hall–Kier alpha value is -1.92. The third-order valence-electron chi connectivity index (χ3n) is 4.17. The molecule has 25 heavy (non-hydrogen) atoms. The lowest BCUT2D eigenvalue weighted by Crippen LogP contribution is -2.41. The second kappa shape index (κ2) is 8.97. The van der Waals surface area contributed by atoms with Crippen LogP contribution in [0.5, 0.6) is 5.75 Å². The summed E-state index contributed by atoms with van der Waals surface area (Å²) >= 11 is 11.7. The minimum Gasteiger partial charge on any atom is -0.506 e. The molecule has 0 aromatic heterocycles.